The number of quaternary nitrogens is 1. The van der Waals surface area contributed by atoms with Crippen LogP contribution in [0.15, 0.2) is 0 Å². The Morgan fingerprint density at radius 1 is 0.818 bits per heavy atom. The Morgan fingerprint density at radius 2 is 1.27 bits per heavy atom. The number of unbranched alkanes of at least 4 members (excludes halogenated alkanes) is 11. The maximum Gasteiger partial charge on any atom is 0.333 e. The first kappa shape index (κ1) is 22.4. The number of rotatable bonds is 13. The molecule has 132 valence electrons. The average molecular weight is 423 g/mol. The summed E-state index contributed by atoms with van der Waals surface area (Å²) in [5.74, 6) is 1.55. The van der Waals surface area contributed by atoms with Crippen LogP contribution in [0.4, 0.5) is 0 Å². The van der Waals surface area contributed by atoms with Crippen LogP contribution in [0.2, 0.25) is 0 Å². The fourth-order valence-corrected chi connectivity index (χ4v) is 3.41. The van der Waals surface area contributed by atoms with Crippen LogP contribution in [0.25, 0.3) is 0 Å². The van der Waals surface area contributed by atoms with E-state index in [-0.39, 0.29) is 24.0 Å². The molecule has 2 nitrogen and oxygen atoms in total. The summed E-state index contributed by atoms with van der Waals surface area (Å²) in [6, 6.07) is 0. The van der Waals surface area contributed by atoms with Crippen LogP contribution in [0, 0.1) is 0 Å². The summed E-state index contributed by atoms with van der Waals surface area (Å²) < 4.78 is 2.41. The highest BCUT2D eigenvalue weighted by Crippen LogP contribution is 2.11. The van der Waals surface area contributed by atoms with Crippen LogP contribution in [0.5, 0.6) is 0 Å². The smallest absolute Gasteiger partial charge is 0.333 e. The van der Waals surface area contributed by atoms with E-state index in [9.17, 15) is 0 Å². The Hall–Kier alpha value is 0.360. The minimum absolute atomic E-state index is 0. The number of nitrogens with zero attached hydrogens (tertiary/aromatic N) is 1. The molecule has 0 fully saturated rings. The predicted octanol–water partition coefficient (Wildman–Crippen LogP) is 0.651. The second kappa shape index (κ2) is 14.9. The first-order valence-corrected chi connectivity index (χ1v) is 9.65. The van der Waals surface area contributed by atoms with Crippen molar-refractivity contribution in [3.05, 3.63) is 0 Å². The van der Waals surface area contributed by atoms with E-state index in [0.717, 1.165) is 0 Å². The lowest BCUT2D eigenvalue weighted by Gasteiger charge is -2.08. The summed E-state index contributed by atoms with van der Waals surface area (Å²) in [6.07, 6.45) is 17.4. The molecular weight excluding hydrogens is 383 g/mol. The monoisotopic (exact) mass is 423 g/mol. The van der Waals surface area contributed by atoms with Crippen molar-refractivity contribution < 1.29 is 33.5 Å². The van der Waals surface area contributed by atoms with Crippen LogP contribution < -0.4 is 28.9 Å². The molecule has 0 aromatic rings. The molecule has 1 heterocycles. The molecule has 0 aromatic carbocycles. The standard InChI is InChI=1S/C19H39N2.HI/c1-4-5-6-7-8-9-10-11-12-13-14-15-16-21-18-17-20(3)19(21)2;/h4-18H2,1-3H3;1H/q+1;. The van der Waals surface area contributed by atoms with Crippen molar-refractivity contribution in [2.45, 2.75) is 90.9 Å². The fraction of sp³-hybridized carbons (Fsp3) is 0.947. The van der Waals surface area contributed by atoms with Gasteiger partial charge in [-0.3, -0.25) is 0 Å². The van der Waals surface area contributed by atoms with E-state index in [1.807, 2.05) is 0 Å². The summed E-state index contributed by atoms with van der Waals surface area (Å²) in [7, 11) is 2.23. The molecule has 0 bridgehead atoms. The summed E-state index contributed by atoms with van der Waals surface area (Å²) in [5, 5.41) is 0. The molecule has 0 saturated heterocycles. The Morgan fingerprint density at radius 3 is 1.68 bits per heavy atom. The van der Waals surface area contributed by atoms with Gasteiger partial charge in [0.15, 0.2) is 6.54 Å². The van der Waals surface area contributed by atoms with E-state index < -0.39 is 0 Å². The third-order valence-electron chi connectivity index (χ3n) is 5.17. The van der Waals surface area contributed by atoms with Crippen LogP contribution in [0.1, 0.15) is 90.9 Å². The van der Waals surface area contributed by atoms with E-state index in [2.05, 4.69) is 25.5 Å². The van der Waals surface area contributed by atoms with Crippen molar-refractivity contribution >= 4 is 5.84 Å². The number of amidine groups is 1. The summed E-state index contributed by atoms with van der Waals surface area (Å²) >= 11 is 0. The van der Waals surface area contributed by atoms with Crippen LogP contribution in [-0.4, -0.2) is 37.1 Å². The Kier molecular flexibility index (Phi) is 15.2. The highest BCUT2D eigenvalue weighted by Gasteiger charge is 2.27. The molecule has 0 amide bonds. The maximum absolute atomic E-state index is 2.41. The molecule has 0 spiro atoms. The number of likely N-dealkylation sites (N-methyl/N-ethyl adjacent to an activating group) is 1. The van der Waals surface area contributed by atoms with Crippen molar-refractivity contribution in [1.82, 2.24) is 0 Å². The zero-order valence-corrected chi connectivity index (χ0v) is 17.6. The topological polar surface area (TPSA) is 7.45 Å². The SMILES string of the molecule is CCCCCCCCCCCCCC[NH+]1CC[N+](C)=C1C.[I-]. The van der Waals surface area contributed by atoms with E-state index in [1.165, 1.54) is 96.7 Å². The molecule has 1 aliphatic rings. The first-order chi connectivity index (χ1) is 10.3. The van der Waals surface area contributed by atoms with E-state index in [0.29, 0.717) is 0 Å². The lowest BCUT2D eigenvalue weighted by atomic mass is 10.1. The van der Waals surface area contributed by atoms with Gasteiger partial charge in [0.2, 0.25) is 0 Å². The van der Waals surface area contributed by atoms with Gasteiger partial charge in [-0.2, -0.15) is 4.58 Å². The summed E-state index contributed by atoms with van der Waals surface area (Å²) in [4.78, 5) is 1.73. The van der Waals surface area contributed by atoms with E-state index in [4.69, 9.17) is 0 Å². The van der Waals surface area contributed by atoms with Gasteiger partial charge in [-0.25, -0.2) is 4.90 Å². The second-order valence-electron chi connectivity index (χ2n) is 7.00. The predicted molar refractivity (Wildman–Crippen MR) is 93.5 cm³/mol. The van der Waals surface area contributed by atoms with Crippen molar-refractivity contribution in [1.29, 1.82) is 0 Å². The number of hydrogen-bond donors (Lipinski definition) is 1. The van der Waals surface area contributed by atoms with E-state index in [1.54, 1.807) is 10.7 Å². The van der Waals surface area contributed by atoms with Gasteiger partial charge >= 0.3 is 5.84 Å². The average Bonchev–Trinajstić information content (AvgIpc) is 2.80. The van der Waals surface area contributed by atoms with Crippen LogP contribution in [-0.2, 0) is 0 Å². The number of nitrogens with one attached hydrogen (secondary N) is 1. The molecule has 1 aliphatic heterocycles. The van der Waals surface area contributed by atoms with Gasteiger partial charge in [-0.05, 0) is 12.8 Å². The Labute approximate surface area is 156 Å². The highest BCUT2D eigenvalue weighted by molar-refractivity contribution is 5.65. The quantitative estimate of drug-likeness (QED) is 0.253. The van der Waals surface area contributed by atoms with Crippen molar-refractivity contribution in [3.8, 4) is 0 Å². The maximum atomic E-state index is 2.41. The molecule has 1 unspecified atom stereocenters. The minimum atomic E-state index is 0. The number of halogens is 1. The molecule has 22 heavy (non-hydrogen) atoms. The zero-order chi connectivity index (χ0) is 15.3. The Bertz CT molecular complexity index is 289. The Balaban J connectivity index is 0.00000441. The van der Waals surface area contributed by atoms with Gasteiger partial charge in [0.25, 0.3) is 0 Å². The molecule has 0 aromatic heterocycles. The molecule has 0 radical (unpaired) electrons. The minimum Gasteiger partial charge on any atom is -1.00 e. The lowest BCUT2D eigenvalue weighted by molar-refractivity contribution is -0.802. The van der Waals surface area contributed by atoms with Crippen molar-refractivity contribution in [2.75, 3.05) is 26.7 Å². The molecular formula is C19H40IN2+. The van der Waals surface area contributed by atoms with Gasteiger partial charge in [-0.1, -0.05) is 71.1 Å². The van der Waals surface area contributed by atoms with Gasteiger partial charge in [0, 0.05) is 0 Å². The zero-order valence-electron chi connectivity index (χ0n) is 15.4. The molecule has 3 heteroatoms. The molecule has 1 rings (SSSR count). The van der Waals surface area contributed by atoms with Gasteiger partial charge < -0.3 is 24.0 Å². The largest absolute Gasteiger partial charge is 1.00 e. The van der Waals surface area contributed by atoms with Gasteiger partial charge in [0.1, 0.15) is 13.6 Å². The summed E-state index contributed by atoms with van der Waals surface area (Å²) in [6.45, 7) is 8.51. The molecule has 1 N–H and O–H groups in total. The van der Waals surface area contributed by atoms with Crippen molar-refractivity contribution in [3.63, 3.8) is 0 Å². The summed E-state index contributed by atoms with van der Waals surface area (Å²) in [5.41, 5.74) is 0. The third-order valence-corrected chi connectivity index (χ3v) is 5.17. The van der Waals surface area contributed by atoms with Crippen molar-refractivity contribution in [2.24, 2.45) is 0 Å². The first-order valence-electron chi connectivity index (χ1n) is 9.65. The fourth-order valence-electron chi connectivity index (χ4n) is 3.41. The van der Waals surface area contributed by atoms with Crippen LogP contribution in [0.3, 0.4) is 0 Å². The second-order valence-corrected chi connectivity index (χ2v) is 7.00. The lowest BCUT2D eigenvalue weighted by Crippen LogP contribution is -3.13. The normalized spacial score (nSPS) is 17.9. The van der Waals surface area contributed by atoms with Crippen LogP contribution >= 0.6 is 0 Å². The third kappa shape index (κ3) is 10.2. The molecule has 0 saturated carbocycles. The van der Waals surface area contributed by atoms with Gasteiger partial charge in [-0.15, -0.1) is 0 Å². The molecule has 1 atom stereocenters. The van der Waals surface area contributed by atoms with E-state index >= 15 is 0 Å². The highest BCUT2D eigenvalue weighted by atomic mass is 127. The molecule has 0 aliphatic carbocycles. The van der Waals surface area contributed by atoms with Gasteiger partial charge in [0.05, 0.1) is 13.5 Å². The number of hydrogen-bond acceptors (Lipinski definition) is 0.